The van der Waals surface area contributed by atoms with Crippen LogP contribution in [0.2, 0.25) is 0 Å². The number of ether oxygens (including phenoxy) is 2. The van der Waals surface area contributed by atoms with Gasteiger partial charge in [0, 0.05) is 31.4 Å². The van der Waals surface area contributed by atoms with Crippen LogP contribution in [0.4, 0.5) is 0 Å². The van der Waals surface area contributed by atoms with Crippen molar-refractivity contribution >= 4 is 0 Å². The smallest absolute Gasteiger partial charge is 0.161 e. The highest BCUT2D eigenvalue weighted by Crippen LogP contribution is 2.30. The number of nitrogens with zero attached hydrogens (tertiary/aromatic N) is 2. The third kappa shape index (κ3) is 4.46. The first-order valence-electron chi connectivity index (χ1n) is 7.69. The van der Waals surface area contributed by atoms with E-state index < -0.39 is 0 Å². The monoisotopic (exact) mass is 319 g/mol. The second-order valence-electron chi connectivity index (χ2n) is 5.50. The fraction of sp³-hybridized carbons (Fsp3) is 0.471. The summed E-state index contributed by atoms with van der Waals surface area (Å²) in [6.45, 7) is 5.11. The molecular formula is C17H25N3O3. The molecule has 0 saturated heterocycles. The second kappa shape index (κ2) is 7.99. The van der Waals surface area contributed by atoms with Gasteiger partial charge in [-0.25, -0.2) is 0 Å². The molecule has 0 aliphatic carbocycles. The minimum Gasteiger partial charge on any atom is -0.493 e. The highest BCUT2D eigenvalue weighted by atomic mass is 16.5. The van der Waals surface area contributed by atoms with E-state index >= 15 is 0 Å². The molecule has 126 valence electrons. The van der Waals surface area contributed by atoms with Crippen LogP contribution in [0.25, 0.3) is 0 Å². The molecule has 0 fully saturated rings. The van der Waals surface area contributed by atoms with E-state index in [9.17, 15) is 0 Å². The Bertz CT molecular complexity index is 640. The molecule has 6 nitrogen and oxygen atoms in total. The van der Waals surface area contributed by atoms with Gasteiger partial charge in [-0.3, -0.25) is 4.68 Å². The summed E-state index contributed by atoms with van der Waals surface area (Å²) in [6, 6.07) is 6.00. The molecule has 0 aliphatic rings. The number of nitrogens with one attached hydrogen (secondary N) is 1. The molecule has 1 atom stereocenters. The summed E-state index contributed by atoms with van der Waals surface area (Å²) >= 11 is 0. The molecule has 6 heteroatoms. The first-order valence-corrected chi connectivity index (χ1v) is 7.69. The Balaban J connectivity index is 2.03. The van der Waals surface area contributed by atoms with Crippen LogP contribution in [0.15, 0.2) is 24.4 Å². The third-order valence-electron chi connectivity index (χ3n) is 3.75. The van der Waals surface area contributed by atoms with Gasteiger partial charge in [0.25, 0.3) is 0 Å². The van der Waals surface area contributed by atoms with Crippen molar-refractivity contribution in [3.8, 4) is 11.5 Å². The standard InChI is InChI=1S/C17H25N3O3/c1-12(18-10-15-11-20(3)19-13(15)2)14-5-6-16(23-8-7-21)17(9-14)22-4/h5-6,9,11-12,18,21H,7-8,10H2,1-4H3. The van der Waals surface area contributed by atoms with E-state index in [1.54, 1.807) is 7.11 Å². The van der Waals surface area contributed by atoms with Crippen molar-refractivity contribution in [1.82, 2.24) is 15.1 Å². The van der Waals surface area contributed by atoms with E-state index in [0.717, 1.165) is 17.8 Å². The number of aliphatic hydroxyl groups is 1. The van der Waals surface area contributed by atoms with Crippen LogP contribution >= 0.6 is 0 Å². The Labute approximate surface area is 137 Å². The van der Waals surface area contributed by atoms with Gasteiger partial charge < -0.3 is 19.9 Å². The summed E-state index contributed by atoms with van der Waals surface area (Å²) in [4.78, 5) is 0. The molecule has 2 N–H and O–H groups in total. The first kappa shape index (κ1) is 17.3. The number of hydrogen-bond acceptors (Lipinski definition) is 5. The van der Waals surface area contributed by atoms with Crippen molar-refractivity contribution in [2.24, 2.45) is 7.05 Å². The number of aryl methyl sites for hydroxylation is 2. The summed E-state index contributed by atoms with van der Waals surface area (Å²) in [5.74, 6) is 1.31. The van der Waals surface area contributed by atoms with Crippen LogP contribution in [-0.2, 0) is 13.6 Å². The quantitative estimate of drug-likeness (QED) is 0.778. The number of aromatic nitrogens is 2. The maximum absolute atomic E-state index is 8.85. The molecular weight excluding hydrogens is 294 g/mol. The Kier molecular flexibility index (Phi) is 6.01. The lowest BCUT2D eigenvalue weighted by molar-refractivity contribution is 0.196. The Morgan fingerprint density at radius 2 is 2.13 bits per heavy atom. The second-order valence-corrected chi connectivity index (χ2v) is 5.50. The predicted octanol–water partition coefficient (Wildman–Crippen LogP) is 1.96. The summed E-state index contributed by atoms with van der Waals surface area (Å²) in [6.07, 6.45) is 2.03. The van der Waals surface area contributed by atoms with E-state index in [4.69, 9.17) is 14.6 Å². The average Bonchev–Trinajstić information content (AvgIpc) is 2.88. The average molecular weight is 319 g/mol. The van der Waals surface area contributed by atoms with Crippen molar-refractivity contribution < 1.29 is 14.6 Å². The summed E-state index contributed by atoms with van der Waals surface area (Å²) in [7, 11) is 3.54. The van der Waals surface area contributed by atoms with Gasteiger partial charge in [0.1, 0.15) is 6.61 Å². The lowest BCUT2D eigenvalue weighted by Crippen LogP contribution is -2.18. The van der Waals surface area contributed by atoms with Gasteiger partial charge in [0.2, 0.25) is 0 Å². The molecule has 1 unspecified atom stereocenters. The van der Waals surface area contributed by atoms with E-state index in [0.29, 0.717) is 11.5 Å². The number of benzene rings is 1. The van der Waals surface area contributed by atoms with Gasteiger partial charge in [-0.05, 0) is 31.5 Å². The van der Waals surface area contributed by atoms with Crippen molar-refractivity contribution in [3.05, 3.63) is 41.2 Å². The van der Waals surface area contributed by atoms with Gasteiger partial charge in [-0.15, -0.1) is 0 Å². The molecule has 2 aromatic rings. The molecule has 0 spiro atoms. The molecule has 23 heavy (non-hydrogen) atoms. The summed E-state index contributed by atoms with van der Waals surface area (Å²) in [5.41, 5.74) is 3.34. The minimum atomic E-state index is -0.0205. The summed E-state index contributed by atoms with van der Waals surface area (Å²) < 4.78 is 12.7. The van der Waals surface area contributed by atoms with Crippen molar-refractivity contribution in [1.29, 1.82) is 0 Å². The van der Waals surface area contributed by atoms with Crippen LogP contribution in [0.1, 0.15) is 29.8 Å². The topological polar surface area (TPSA) is 68.5 Å². The van der Waals surface area contributed by atoms with Crippen LogP contribution in [0.5, 0.6) is 11.5 Å². The lowest BCUT2D eigenvalue weighted by atomic mass is 10.1. The van der Waals surface area contributed by atoms with Gasteiger partial charge in [0.15, 0.2) is 11.5 Å². The Morgan fingerprint density at radius 1 is 1.35 bits per heavy atom. The lowest BCUT2D eigenvalue weighted by Gasteiger charge is -2.17. The van der Waals surface area contributed by atoms with Crippen molar-refractivity contribution in [2.45, 2.75) is 26.4 Å². The fourth-order valence-corrected chi connectivity index (χ4v) is 2.43. The molecule has 0 aliphatic heterocycles. The fourth-order valence-electron chi connectivity index (χ4n) is 2.43. The predicted molar refractivity (Wildman–Crippen MR) is 88.8 cm³/mol. The zero-order valence-corrected chi connectivity index (χ0v) is 14.2. The van der Waals surface area contributed by atoms with Crippen molar-refractivity contribution in [3.63, 3.8) is 0 Å². The molecule has 1 aromatic heterocycles. The van der Waals surface area contributed by atoms with Crippen LogP contribution < -0.4 is 14.8 Å². The minimum absolute atomic E-state index is 0.0205. The van der Waals surface area contributed by atoms with E-state index in [1.807, 2.05) is 43.0 Å². The number of aliphatic hydroxyl groups excluding tert-OH is 1. The largest absolute Gasteiger partial charge is 0.493 e. The maximum Gasteiger partial charge on any atom is 0.161 e. The van der Waals surface area contributed by atoms with Gasteiger partial charge >= 0.3 is 0 Å². The Morgan fingerprint density at radius 3 is 2.74 bits per heavy atom. The molecule has 0 bridgehead atoms. The maximum atomic E-state index is 8.85. The third-order valence-corrected chi connectivity index (χ3v) is 3.75. The van der Waals surface area contributed by atoms with Gasteiger partial charge in [-0.2, -0.15) is 5.10 Å². The molecule has 1 heterocycles. The zero-order valence-electron chi connectivity index (χ0n) is 14.2. The van der Waals surface area contributed by atoms with E-state index in [1.165, 1.54) is 5.56 Å². The highest BCUT2D eigenvalue weighted by Gasteiger charge is 2.11. The first-order chi connectivity index (χ1) is 11.0. The molecule has 1 aromatic carbocycles. The summed E-state index contributed by atoms with van der Waals surface area (Å²) in [5, 5.41) is 16.7. The number of hydrogen-bond donors (Lipinski definition) is 2. The Hall–Kier alpha value is -2.05. The SMILES string of the molecule is COc1cc(C(C)NCc2cn(C)nc2C)ccc1OCCO. The molecule has 0 amide bonds. The zero-order chi connectivity index (χ0) is 16.8. The van der Waals surface area contributed by atoms with Crippen LogP contribution in [0, 0.1) is 6.92 Å². The molecule has 0 radical (unpaired) electrons. The van der Waals surface area contributed by atoms with Crippen LogP contribution in [-0.4, -0.2) is 35.2 Å². The molecule has 0 saturated carbocycles. The number of rotatable bonds is 8. The van der Waals surface area contributed by atoms with Crippen molar-refractivity contribution in [2.75, 3.05) is 20.3 Å². The van der Waals surface area contributed by atoms with E-state index in [-0.39, 0.29) is 19.3 Å². The van der Waals surface area contributed by atoms with Crippen LogP contribution in [0.3, 0.4) is 0 Å². The van der Waals surface area contributed by atoms with Gasteiger partial charge in [0.05, 0.1) is 19.4 Å². The van der Waals surface area contributed by atoms with Gasteiger partial charge in [-0.1, -0.05) is 6.07 Å². The highest BCUT2D eigenvalue weighted by molar-refractivity contribution is 5.43. The number of methoxy groups -OCH3 is 1. The normalized spacial score (nSPS) is 12.2. The van der Waals surface area contributed by atoms with E-state index in [2.05, 4.69) is 17.3 Å². The molecule has 2 rings (SSSR count).